The standard InChI is InChI=1S/C10H17ClN4O2/c1-3-6-17-7-4-5-12-9-13-8(11)14-10(15-9)16-2/h3-7H2,1-2H3,(H,12,13,14,15). The summed E-state index contributed by atoms with van der Waals surface area (Å²) in [4.78, 5) is 11.7. The SMILES string of the molecule is CCCOCCCNc1nc(Cl)nc(OC)n1. The summed E-state index contributed by atoms with van der Waals surface area (Å²) in [5.41, 5.74) is 0. The van der Waals surface area contributed by atoms with Crippen molar-refractivity contribution in [3.63, 3.8) is 0 Å². The molecule has 0 fully saturated rings. The lowest BCUT2D eigenvalue weighted by atomic mass is 10.4. The molecule has 0 saturated carbocycles. The van der Waals surface area contributed by atoms with Crippen molar-refractivity contribution in [3.8, 4) is 6.01 Å². The van der Waals surface area contributed by atoms with Gasteiger partial charge in [-0.25, -0.2) is 0 Å². The van der Waals surface area contributed by atoms with Gasteiger partial charge in [-0.2, -0.15) is 15.0 Å². The van der Waals surface area contributed by atoms with E-state index in [9.17, 15) is 0 Å². The highest BCUT2D eigenvalue weighted by atomic mass is 35.5. The van der Waals surface area contributed by atoms with Crippen molar-refractivity contribution < 1.29 is 9.47 Å². The number of nitrogens with zero attached hydrogens (tertiary/aromatic N) is 3. The first-order valence-electron chi connectivity index (χ1n) is 5.53. The van der Waals surface area contributed by atoms with E-state index in [1.165, 1.54) is 7.11 Å². The zero-order valence-electron chi connectivity index (χ0n) is 10.1. The van der Waals surface area contributed by atoms with E-state index >= 15 is 0 Å². The Bertz CT molecular complexity index is 338. The molecule has 6 nitrogen and oxygen atoms in total. The summed E-state index contributed by atoms with van der Waals surface area (Å²) in [7, 11) is 1.48. The van der Waals surface area contributed by atoms with E-state index in [1.807, 2.05) is 0 Å². The highest BCUT2D eigenvalue weighted by Gasteiger charge is 2.03. The fourth-order valence-electron chi connectivity index (χ4n) is 1.12. The minimum atomic E-state index is 0.113. The Morgan fingerprint density at radius 3 is 2.76 bits per heavy atom. The van der Waals surface area contributed by atoms with Crippen molar-refractivity contribution in [1.82, 2.24) is 15.0 Å². The lowest BCUT2D eigenvalue weighted by molar-refractivity contribution is 0.134. The number of anilines is 1. The number of hydrogen-bond acceptors (Lipinski definition) is 6. The molecule has 0 unspecified atom stereocenters. The highest BCUT2D eigenvalue weighted by molar-refractivity contribution is 6.28. The third kappa shape index (κ3) is 5.65. The second-order valence-electron chi connectivity index (χ2n) is 3.31. The van der Waals surface area contributed by atoms with Gasteiger partial charge in [0.1, 0.15) is 0 Å². The average Bonchev–Trinajstić information content (AvgIpc) is 2.33. The molecule has 0 saturated heterocycles. The molecular formula is C10H17ClN4O2. The molecule has 96 valence electrons. The molecular weight excluding hydrogens is 244 g/mol. The molecule has 0 bridgehead atoms. The second-order valence-corrected chi connectivity index (χ2v) is 3.65. The lowest BCUT2D eigenvalue weighted by Crippen LogP contribution is -2.09. The van der Waals surface area contributed by atoms with Crippen LogP contribution in [0.15, 0.2) is 0 Å². The highest BCUT2D eigenvalue weighted by Crippen LogP contribution is 2.10. The smallest absolute Gasteiger partial charge is 0.322 e. The van der Waals surface area contributed by atoms with E-state index in [-0.39, 0.29) is 11.3 Å². The molecule has 7 heteroatoms. The maximum absolute atomic E-state index is 5.70. The number of rotatable bonds is 8. The van der Waals surface area contributed by atoms with E-state index in [0.29, 0.717) is 12.5 Å². The molecule has 1 rings (SSSR count). The van der Waals surface area contributed by atoms with Crippen LogP contribution in [0.2, 0.25) is 5.28 Å². The van der Waals surface area contributed by atoms with Gasteiger partial charge in [0, 0.05) is 19.8 Å². The van der Waals surface area contributed by atoms with Crippen LogP contribution in [-0.4, -0.2) is 41.8 Å². The molecule has 0 spiro atoms. The number of hydrogen-bond donors (Lipinski definition) is 1. The van der Waals surface area contributed by atoms with Gasteiger partial charge < -0.3 is 14.8 Å². The van der Waals surface area contributed by atoms with Gasteiger partial charge in [-0.1, -0.05) is 6.92 Å². The Morgan fingerprint density at radius 1 is 1.24 bits per heavy atom. The normalized spacial score (nSPS) is 10.3. The van der Waals surface area contributed by atoms with E-state index in [4.69, 9.17) is 21.1 Å². The minimum Gasteiger partial charge on any atom is -0.467 e. The first kappa shape index (κ1) is 13.9. The zero-order valence-corrected chi connectivity index (χ0v) is 10.8. The Kier molecular flexibility index (Phi) is 6.57. The molecule has 17 heavy (non-hydrogen) atoms. The van der Waals surface area contributed by atoms with Crippen molar-refractivity contribution in [1.29, 1.82) is 0 Å². The molecule has 0 atom stereocenters. The van der Waals surface area contributed by atoms with Gasteiger partial charge in [-0.15, -0.1) is 0 Å². The number of halogens is 1. The Morgan fingerprint density at radius 2 is 2.06 bits per heavy atom. The van der Waals surface area contributed by atoms with E-state index in [2.05, 4.69) is 27.2 Å². The van der Waals surface area contributed by atoms with Crippen molar-refractivity contribution in [3.05, 3.63) is 5.28 Å². The molecule has 1 heterocycles. The van der Waals surface area contributed by atoms with Crippen LogP contribution in [0.5, 0.6) is 6.01 Å². The van der Waals surface area contributed by atoms with Crippen molar-refractivity contribution in [2.45, 2.75) is 19.8 Å². The van der Waals surface area contributed by atoms with Gasteiger partial charge in [-0.05, 0) is 24.4 Å². The summed E-state index contributed by atoms with van der Waals surface area (Å²) in [6.45, 7) is 4.31. The van der Waals surface area contributed by atoms with Crippen LogP contribution in [-0.2, 0) is 4.74 Å². The lowest BCUT2D eigenvalue weighted by Gasteiger charge is -2.06. The zero-order chi connectivity index (χ0) is 12.5. The molecule has 0 aliphatic rings. The molecule has 0 aliphatic carbocycles. The quantitative estimate of drug-likeness (QED) is 0.719. The maximum Gasteiger partial charge on any atom is 0.322 e. The fraction of sp³-hybridized carbons (Fsp3) is 0.700. The van der Waals surface area contributed by atoms with Crippen LogP contribution in [0, 0.1) is 0 Å². The number of ether oxygens (including phenoxy) is 2. The van der Waals surface area contributed by atoms with Gasteiger partial charge in [0.15, 0.2) is 0 Å². The summed E-state index contributed by atoms with van der Waals surface area (Å²) < 4.78 is 10.2. The molecule has 0 aromatic carbocycles. The Balaban J connectivity index is 2.28. The van der Waals surface area contributed by atoms with Gasteiger partial charge in [0.2, 0.25) is 11.2 Å². The first-order chi connectivity index (χ1) is 8.26. The molecule has 1 aromatic rings. The van der Waals surface area contributed by atoms with Crippen LogP contribution < -0.4 is 10.1 Å². The van der Waals surface area contributed by atoms with Gasteiger partial charge >= 0.3 is 6.01 Å². The molecule has 0 aliphatic heterocycles. The van der Waals surface area contributed by atoms with Crippen molar-refractivity contribution in [2.75, 3.05) is 32.2 Å². The number of nitrogens with one attached hydrogen (secondary N) is 1. The maximum atomic E-state index is 5.70. The monoisotopic (exact) mass is 260 g/mol. The summed E-state index contributed by atoms with van der Waals surface area (Å²) in [5, 5.41) is 3.14. The van der Waals surface area contributed by atoms with Crippen LogP contribution >= 0.6 is 11.6 Å². The summed E-state index contributed by atoms with van der Waals surface area (Å²) >= 11 is 5.70. The third-order valence-electron chi connectivity index (χ3n) is 1.87. The van der Waals surface area contributed by atoms with Crippen molar-refractivity contribution in [2.24, 2.45) is 0 Å². The molecule has 1 aromatic heterocycles. The first-order valence-corrected chi connectivity index (χ1v) is 5.91. The summed E-state index contributed by atoms with van der Waals surface area (Å²) in [5.74, 6) is 0.414. The van der Waals surface area contributed by atoms with E-state index in [1.54, 1.807) is 0 Å². The second kappa shape index (κ2) is 8.03. The van der Waals surface area contributed by atoms with E-state index in [0.717, 1.165) is 26.1 Å². The van der Waals surface area contributed by atoms with Crippen molar-refractivity contribution >= 4 is 17.5 Å². The summed E-state index contributed by atoms with van der Waals surface area (Å²) in [6, 6.07) is 0.203. The number of aromatic nitrogens is 3. The topological polar surface area (TPSA) is 69.2 Å². The number of methoxy groups -OCH3 is 1. The molecule has 0 radical (unpaired) electrons. The minimum absolute atomic E-state index is 0.113. The van der Waals surface area contributed by atoms with Crippen LogP contribution in [0.3, 0.4) is 0 Å². The van der Waals surface area contributed by atoms with Gasteiger partial charge in [-0.3, -0.25) is 0 Å². The Labute approximate surface area is 106 Å². The predicted octanol–water partition coefficient (Wildman–Crippen LogP) is 1.76. The third-order valence-corrected chi connectivity index (χ3v) is 2.04. The van der Waals surface area contributed by atoms with Crippen LogP contribution in [0.1, 0.15) is 19.8 Å². The fourth-order valence-corrected chi connectivity index (χ4v) is 1.28. The van der Waals surface area contributed by atoms with Crippen LogP contribution in [0.25, 0.3) is 0 Å². The average molecular weight is 261 g/mol. The largest absolute Gasteiger partial charge is 0.467 e. The van der Waals surface area contributed by atoms with Gasteiger partial charge in [0.05, 0.1) is 7.11 Å². The van der Waals surface area contributed by atoms with E-state index < -0.39 is 0 Å². The Hall–Kier alpha value is -1.14. The molecule has 0 amide bonds. The predicted molar refractivity (Wildman–Crippen MR) is 65.6 cm³/mol. The summed E-state index contributed by atoms with van der Waals surface area (Å²) in [6.07, 6.45) is 1.92. The van der Waals surface area contributed by atoms with Gasteiger partial charge in [0.25, 0.3) is 0 Å². The van der Waals surface area contributed by atoms with Crippen LogP contribution in [0.4, 0.5) is 5.95 Å². The molecule has 1 N–H and O–H groups in total.